The molecule has 476 valence electrons. The summed E-state index contributed by atoms with van der Waals surface area (Å²) < 4.78 is 5.51. The van der Waals surface area contributed by atoms with Gasteiger partial charge in [0.1, 0.15) is 0 Å². The molecule has 0 aromatic heterocycles. The van der Waals surface area contributed by atoms with Crippen molar-refractivity contribution in [3.8, 4) is 0 Å². The van der Waals surface area contributed by atoms with Crippen molar-refractivity contribution in [3.63, 3.8) is 0 Å². The molecule has 0 aliphatic heterocycles. The maximum absolute atomic E-state index is 12.5. The summed E-state index contributed by atoms with van der Waals surface area (Å²) in [6.07, 6.45) is 87.0. The Bertz CT molecular complexity index is 1210. The molecular weight excluding hydrogens is 983 g/mol. The van der Waals surface area contributed by atoms with Gasteiger partial charge in [0.05, 0.1) is 25.4 Å². The first-order valence-electron chi connectivity index (χ1n) is 36.9. The van der Waals surface area contributed by atoms with Crippen LogP contribution in [0.1, 0.15) is 425 Å². The van der Waals surface area contributed by atoms with Crippen LogP contribution >= 0.6 is 0 Å². The number of hydrogen-bond donors (Lipinski definition) is 3. The average molecular weight is 1130 g/mol. The Morgan fingerprint density at radius 3 is 0.887 bits per heavy atom. The highest BCUT2D eigenvalue weighted by Gasteiger charge is 2.20. The van der Waals surface area contributed by atoms with Gasteiger partial charge in [-0.2, -0.15) is 0 Å². The first-order chi connectivity index (χ1) is 39.5. The molecule has 0 aliphatic rings. The van der Waals surface area contributed by atoms with Gasteiger partial charge in [-0.25, -0.2) is 0 Å². The van der Waals surface area contributed by atoms with Crippen molar-refractivity contribution in [2.24, 2.45) is 0 Å². The fourth-order valence-electron chi connectivity index (χ4n) is 11.9. The fraction of sp³-hybridized carbons (Fsp3) is 0.946. The molecule has 1 amide bonds. The normalized spacial score (nSPS) is 12.5. The number of nitrogens with one attached hydrogen (secondary N) is 1. The predicted molar refractivity (Wildman–Crippen MR) is 352 cm³/mol. The second kappa shape index (κ2) is 70.1. The van der Waals surface area contributed by atoms with Crippen LogP contribution in [0.25, 0.3) is 0 Å². The number of carbonyl (C=O) groups is 2. The third kappa shape index (κ3) is 65.7. The third-order valence-electron chi connectivity index (χ3n) is 17.6. The molecule has 0 aromatic rings. The van der Waals surface area contributed by atoms with Crippen LogP contribution < -0.4 is 5.32 Å². The van der Waals surface area contributed by atoms with Crippen molar-refractivity contribution < 1.29 is 24.5 Å². The van der Waals surface area contributed by atoms with E-state index in [1.54, 1.807) is 0 Å². The third-order valence-corrected chi connectivity index (χ3v) is 17.6. The van der Waals surface area contributed by atoms with Crippen molar-refractivity contribution in [1.82, 2.24) is 5.32 Å². The lowest BCUT2D eigenvalue weighted by atomic mass is 10.0. The summed E-state index contributed by atoms with van der Waals surface area (Å²) in [5.74, 6) is -0.00831. The van der Waals surface area contributed by atoms with Gasteiger partial charge in [-0.1, -0.05) is 373 Å². The van der Waals surface area contributed by atoms with Crippen LogP contribution in [0.15, 0.2) is 12.2 Å². The molecule has 0 saturated carbocycles. The fourth-order valence-corrected chi connectivity index (χ4v) is 11.9. The molecule has 0 radical (unpaired) electrons. The van der Waals surface area contributed by atoms with E-state index in [1.165, 1.54) is 353 Å². The Hall–Kier alpha value is -1.40. The number of esters is 1. The van der Waals surface area contributed by atoms with Crippen LogP contribution in [0.4, 0.5) is 0 Å². The molecule has 0 fully saturated rings. The number of unbranched alkanes of at least 4 members (excludes halogenated alkanes) is 57. The first-order valence-corrected chi connectivity index (χ1v) is 36.9. The lowest BCUT2D eigenvalue weighted by Gasteiger charge is -2.22. The molecule has 2 atom stereocenters. The minimum atomic E-state index is -0.661. The summed E-state index contributed by atoms with van der Waals surface area (Å²) in [7, 11) is 0. The highest BCUT2D eigenvalue weighted by Crippen LogP contribution is 2.20. The molecule has 0 aromatic carbocycles. The zero-order chi connectivity index (χ0) is 57.8. The number of amides is 1. The molecule has 0 heterocycles. The SMILES string of the molecule is CCCCCCCC/C=C\CCCCCCCCCCCC(=O)OCCCCCCCCCCCCCCCCCCCCCCCCCCCCCCC(=O)NC(CO)C(O)CCCCCCCCCCCCCCCCCC. The Balaban J connectivity index is 3.32. The van der Waals surface area contributed by atoms with Gasteiger partial charge in [0, 0.05) is 12.8 Å². The molecule has 0 aliphatic carbocycles. The van der Waals surface area contributed by atoms with E-state index in [4.69, 9.17) is 4.74 Å². The second-order valence-electron chi connectivity index (χ2n) is 25.6. The molecule has 2 unspecified atom stereocenters. The maximum atomic E-state index is 12.5. The van der Waals surface area contributed by atoms with Crippen molar-refractivity contribution in [1.29, 1.82) is 0 Å². The molecule has 80 heavy (non-hydrogen) atoms. The summed E-state index contributed by atoms with van der Waals surface area (Å²) in [6.45, 7) is 5.00. The topological polar surface area (TPSA) is 95.9 Å². The highest BCUT2D eigenvalue weighted by molar-refractivity contribution is 5.76. The largest absolute Gasteiger partial charge is 0.466 e. The van der Waals surface area contributed by atoms with Crippen molar-refractivity contribution in [3.05, 3.63) is 12.2 Å². The first kappa shape index (κ1) is 78.6. The number of allylic oxidation sites excluding steroid dienone is 2. The van der Waals surface area contributed by atoms with E-state index in [-0.39, 0.29) is 18.5 Å². The Labute approximate surface area is 501 Å². The van der Waals surface area contributed by atoms with Crippen molar-refractivity contribution in [2.45, 2.75) is 437 Å². The van der Waals surface area contributed by atoms with E-state index in [9.17, 15) is 19.8 Å². The van der Waals surface area contributed by atoms with Crippen LogP contribution in [-0.2, 0) is 14.3 Å². The van der Waals surface area contributed by atoms with Crippen molar-refractivity contribution in [2.75, 3.05) is 13.2 Å². The van der Waals surface area contributed by atoms with Crippen LogP contribution in [0, 0.1) is 0 Å². The monoisotopic (exact) mass is 1130 g/mol. The van der Waals surface area contributed by atoms with Gasteiger partial charge in [-0.15, -0.1) is 0 Å². The summed E-state index contributed by atoms with van der Waals surface area (Å²) >= 11 is 0. The lowest BCUT2D eigenvalue weighted by molar-refractivity contribution is -0.143. The van der Waals surface area contributed by atoms with Gasteiger partial charge in [-0.05, 0) is 51.4 Å². The summed E-state index contributed by atoms with van der Waals surface area (Å²) in [4.78, 5) is 24.6. The van der Waals surface area contributed by atoms with E-state index in [1.807, 2.05) is 0 Å². The number of aliphatic hydroxyl groups is 2. The molecule has 6 heteroatoms. The van der Waals surface area contributed by atoms with Gasteiger partial charge in [0.25, 0.3) is 0 Å². The summed E-state index contributed by atoms with van der Waals surface area (Å²) in [6, 6.07) is -0.538. The predicted octanol–water partition coefficient (Wildman–Crippen LogP) is 23.9. The van der Waals surface area contributed by atoms with Crippen LogP contribution in [0.3, 0.4) is 0 Å². The molecule has 0 bridgehead atoms. The minimum Gasteiger partial charge on any atom is -0.466 e. The molecular formula is C74H145NO5. The smallest absolute Gasteiger partial charge is 0.305 e. The van der Waals surface area contributed by atoms with Crippen LogP contribution in [-0.4, -0.2) is 47.4 Å². The molecule has 6 nitrogen and oxygen atoms in total. The molecule has 0 saturated heterocycles. The Morgan fingerprint density at radius 1 is 0.338 bits per heavy atom. The summed E-state index contributed by atoms with van der Waals surface area (Å²) in [5, 5.41) is 23.4. The quantitative estimate of drug-likeness (QED) is 0.0320. The zero-order valence-electron chi connectivity index (χ0n) is 54.6. The minimum absolute atomic E-state index is 0.0196. The van der Waals surface area contributed by atoms with Gasteiger partial charge < -0.3 is 20.3 Å². The Kier molecular flexibility index (Phi) is 68.9. The maximum Gasteiger partial charge on any atom is 0.305 e. The highest BCUT2D eigenvalue weighted by atomic mass is 16.5. The summed E-state index contributed by atoms with van der Waals surface area (Å²) in [5.41, 5.74) is 0. The van der Waals surface area contributed by atoms with E-state index in [2.05, 4.69) is 31.3 Å². The van der Waals surface area contributed by atoms with Crippen LogP contribution in [0.5, 0.6) is 0 Å². The second-order valence-corrected chi connectivity index (χ2v) is 25.6. The van der Waals surface area contributed by atoms with Crippen LogP contribution in [0.2, 0.25) is 0 Å². The number of ether oxygens (including phenoxy) is 1. The number of rotatable bonds is 70. The zero-order valence-corrected chi connectivity index (χ0v) is 54.6. The molecule has 0 rings (SSSR count). The van der Waals surface area contributed by atoms with Gasteiger partial charge >= 0.3 is 5.97 Å². The Morgan fingerprint density at radius 2 is 0.588 bits per heavy atom. The molecule has 0 spiro atoms. The van der Waals surface area contributed by atoms with Gasteiger partial charge in [0.15, 0.2) is 0 Å². The number of aliphatic hydroxyl groups excluding tert-OH is 2. The average Bonchev–Trinajstić information content (AvgIpc) is 3.46. The van der Waals surface area contributed by atoms with E-state index in [0.717, 1.165) is 38.5 Å². The van der Waals surface area contributed by atoms with E-state index >= 15 is 0 Å². The standard InChI is InChI=1S/C74H145NO5/c1-3-5-7-9-11-13-15-17-19-21-32-36-40-44-48-52-56-60-64-68-74(79)80-69-65-61-57-53-49-45-41-37-34-31-29-27-25-23-22-24-26-28-30-33-35-39-43-47-51-55-59-63-67-73(78)75-71(70-76)72(77)66-62-58-54-50-46-42-38-20-18-16-14-12-10-8-6-4-2/h17,19,71-72,76-77H,3-16,18,20-70H2,1-2H3,(H,75,78)/b19-17-. The number of carbonyl (C=O) groups excluding carboxylic acids is 2. The lowest BCUT2D eigenvalue weighted by Crippen LogP contribution is -2.45. The van der Waals surface area contributed by atoms with E-state index in [0.29, 0.717) is 25.9 Å². The van der Waals surface area contributed by atoms with E-state index < -0.39 is 12.1 Å². The molecule has 3 N–H and O–H groups in total. The van der Waals surface area contributed by atoms with Crippen molar-refractivity contribution >= 4 is 11.9 Å². The number of hydrogen-bond acceptors (Lipinski definition) is 5. The van der Waals surface area contributed by atoms with Gasteiger partial charge in [0.2, 0.25) is 5.91 Å². The van der Waals surface area contributed by atoms with Gasteiger partial charge in [-0.3, -0.25) is 9.59 Å².